The van der Waals surface area contributed by atoms with E-state index in [1.54, 1.807) is 19.2 Å². The zero-order chi connectivity index (χ0) is 17.2. The standard InChI is InChI=1S/C22H16O3/c1-24-17-12-13-19-18(14-17)20(15-8-4-2-5-9-15)21(22(23)25-19)16-10-6-3-7-11-16/h2-14H,1H3. The summed E-state index contributed by atoms with van der Waals surface area (Å²) >= 11 is 0. The lowest BCUT2D eigenvalue weighted by Gasteiger charge is -2.13. The molecule has 4 rings (SSSR count). The first-order valence-electron chi connectivity index (χ1n) is 8.03. The van der Waals surface area contributed by atoms with Gasteiger partial charge >= 0.3 is 5.63 Å². The zero-order valence-corrected chi connectivity index (χ0v) is 13.7. The van der Waals surface area contributed by atoms with E-state index in [-0.39, 0.29) is 5.63 Å². The van der Waals surface area contributed by atoms with E-state index in [9.17, 15) is 4.79 Å². The molecular weight excluding hydrogens is 312 g/mol. The summed E-state index contributed by atoms with van der Waals surface area (Å²) in [5.74, 6) is 0.720. The summed E-state index contributed by atoms with van der Waals surface area (Å²) in [5, 5.41) is 0.851. The average molecular weight is 328 g/mol. The molecule has 0 unspecified atom stereocenters. The summed E-state index contributed by atoms with van der Waals surface area (Å²) in [6.07, 6.45) is 0. The van der Waals surface area contributed by atoms with Crippen LogP contribution in [0.1, 0.15) is 0 Å². The van der Waals surface area contributed by atoms with E-state index in [0.717, 1.165) is 27.8 Å². The highest BCUT2D eigenvalue weighted by Crippen LogP contribution is 2.37. The van der Waals surface area contributed by atoms with Crippen LogP contribution in [-0.4, -0.2) is 7.11 Å². The van der Waals surface area contributed by atoms with E-state index < -0.39 is 0 Å². The summed E-state index contributed by atoms with van der Waals surface area (Å²) < 4.78 is 11.0. The summed E-state index contributed by atoms with van der Waals surface area (Å²) in [6, 6.07) is 25.0. The first-order valence-corrected chi connectivity index (χ1v) is 8.03. The summed E-state index contributed by atoms with van der Waals surface area (Å²) in [7, 11) is 1.63. The highest BCUT2D eigenvalue weighted by Gasteiger charge is 2.18. The Balaban J connectivity index is 2.17. The van der Waals surface area contributed by atoms with E-state index in [1.165, 1.54) is 0 Å². The minimum Gasteiger partial charge on any atom is -0.497 e. The van der Waals surface area contributed by atoms with Crippen molar-refractivity contribution in [2.24, 2.45) is 0 Å². The normalized spacial score (nSPS) is 10.8. The molecular formula is C22H16O3. The summed E-state index contributed by atoms with van der Waals surface area (Å²) in [6.45, 7) is 0. The smallest absolute Gasteiger partial charge is 0.344 e. The van der Waals surface area contributed by atoms with Crippen LogP contribution in [-0.2, 0) is 0 Å². The quantitative estimate of drug-likeness (QED) is 0.489. The van der Waals surface area contributed by atoms with Gasteiger partial charge in [-0.15, -0.1) is 0 Å². The Hall–Kier alpha value is -3.33. The number of methoxy groups -OCH3 is 1. The van der Waals surface area contributed by atoms with Gasteiger partial charge in [-0.3, -0.25) is 0 Å². The minimum absolute atomic E-state index is 0.345. The van der Waals surface area contributed by atoms with Crippen LogP contribution in [0.4, 0.5) is 0 Å². The zero-order valence-electron chi connectivity index (χ0n) is 13.7. The molecule has 0 saturated heterocycles. The molecule has 1 heterocycles. The molecule has 0 N–H and O–H groups in total. The number of hydrogen-bond donors (Lipinski definition) is 0. The van der Waals surface area contributed by atoms with Crippen LogP contribution in [0, 0.1) is 0 Å². The van der Waals surface area contributed by atoms with E-state index in [0.29, 0.717) is 11.1 Å². The molecule has 122 valence electrons. The van der Waals surface area contributed by atoms with E-state index in [1.807, 2.05) is 66.7 Å². The van der Waals surface area contributed by atoms with Gasteiger partial charge in [0, 0.05) is 10.9 Å². The van der Waals surface area contributed by atoms with Gasteiger partial charge in [-0.1, -0.05) is 60.7 Å². The maximum absolute atomic E-state index is 12.8. The molecule has 0 aliphatic heterocycles. The van der Waals surface area contributed by atoms with Gasteiger partial charge in [-0.05, 0) is 29.3 Å². The van der Waals surface area contributed by atoms with Crippen molar-refractivity contribution in [1.29, 1.82) is 0 Å². The Kier molecular flexibility index (Phi) is 3.82. The predicted molar refractivity (Wildman–Crippen MR) is 99.9 cm³/mol. The van der Waals surface area contributed by atoms with Crippen LogP contribution in [0.3, 0.4) is 0 Å². The number of rotatable bonds is 3. The van der Waals surface area contributed by atoms with Crippen LogP contribution in [0.25, 0.3) is 33.2 Å². The monoisotopic (exact) mass is 328 g/mol. The molecule has 0 atom stereocenters. The SMILES string of the molecule is COc1ccc2oc(=O)c(-c3ccccc3)c(-c3ccccc3)c2c1. The second kappa shape index (κ2) is 6.29. The third-order valence-corrected chi connectivity index (χ3v) is 4.24. The Morgan fingerprint density at radius 3 is 1.96 bits per heavy atom. The van der Waals surface area contributed by atoms with Crippen LogP contribution >= 0.6 is 0 Å². The van der Waals surface area contributed by atoms with Crippen LogP contribution in [0.5, 0.6) is 5.75 Å². The molecule has 1 aromatic heterocycles. The molecule has 4 aromatic rings. The van der Waals surface area contributed by atoms with Gasteiger partial charge in [0.15, 0.2) is 0 Å². The van der Waals surface area contributed by atoms with Crippen molar-refractivity contribution in [3.05, 3.63) is 89.3 Å². The largest absolute Gasteiger partial charge is 0.497 e. The summed E-state index contributed by atoms with van der Waals surface area (Å²) in [5.41, 5.74) is 3.42. The number of hydrogen-bond acceptors (Lipinski definition) is 3. The van der Waals surface area contributed by atoms with Crippen molar-refractivity contribution in [2.75, 3.05) is 7.11 Å². The third-order valence-electron chi connectivity index (χ3n) is 4.24. The molecule has 0 bridgehead atoms. The minimum atomic E-state index is -0.345. The van der Waals surface area contributed by atoms with Crippen LogP contribution in [0.2, 0.25) is 0 Å². The lowest BCUT2D eigenvalue weighted by molar-refractivity contribution is 0.415. The highest BCUT2D eigenvalue weighted by molar-refractivity contribution is 6.01. The molecule has 3 aromatic carbocycles. The van der Waals surface area contributed by atoms with Crippen molar-refractivity contribution in [3.8, 4) is 28.0 Å². The molecule has 0 saturated carbocycles. The van der Waals surface area contributed by atoms with Gasteiger partial charge in [-0.25, -0.2) is 4.79 Å². The van der Waals surface area contributed by atoms with Gasteiger partial charge in [0.1, 0.15) is 11.3 Å². The van der Waals surface area contributed by atoms with E-state index >= 15 is 0 Å². The first-order chi connectivity index (χ1) is 12.3. The first kappa shape index (κ1) is 15.2. The van der Waals surface area contributed by atoms with Gasteiger partial charge in [0.2, 0.25) is 0 Å². The molecule has 3 nitrogen and oxygen atoms in total. The van der Waals surface area contributed by atoms with Crippen molar-refractivity contribution in [1.82, 2.24) is 0 Å². The molecule has 0 aliphatic rings. The average Bonchev–Trinajstić information content (AvgIpc) is 2.68. The second-order valence-electron chi connectivity index (χ2n) is 5.73. The lowest BCUT2D eigenvalue weighted by atomic mass is 9.93. The van der Waals surface area contributed by atoms with E-state index in [4.69, 9.17) is 9.15 Å². The van der Waals surface area contributed by atoms with Crippen molar-refractivity contribution in [3.63, 3.8) is 0 Å². The van der Waals surface area contributed by atoms with Crippen LogP contribution < -0.4 is 10.4 Å². The molecule has 25 heavy (non-hydrogen) atoms. The van der Waals surface area contributed by atoms with Gasteiger partial charge < -0.3 is 9.15 Å². The van der Waals surface area contributed by atoms with Crippen molar-refractivity contribution >= 4 is 11.0 Å². The van der Waals surface area contributed by atoms with Gasteiger partial charge in [-0.2, -0.15) is 0 Å². The Bertz CT molecular complexity index is 1080. The van der Waals surface area contributed by atoms with E-state index in [2.05, 4.69) is 0 Å². The number of benzene rings is 3. The highest BCUT2D eigenvalue weighted by atomic mass is 16.5. The van der Waals surface area contributed by atoms with Crippen molar-refractivity contribution < 1.29 is 9.15 Å². The fourth-order valence-corrected chi connectivity index (χ4v) is 3.08. The summed E-state index contributed by atoms with van der Waals surface area (Å²) in [4.78, 5) is 12.8. The predicted octanol–water partition coefficient (Wildman–Crippen LogP) is 5.14. The molecule has 0 fully saturated rings. The molecule has 0 amide bonds. The molecule has 0 spiro atoms. The molecule has 0 aliphatic carbocycles. The molecule has 3 heteroatoms. The lowest BCUT2D eigenvalue weighted by Crippen LogP contribution is -2.06. The fourth-order valence-electron chi connectivity index (χ4n) is 3.08. The third kappa shape index (κ3) is 2.70. The Morgan fingerprint density at radius 2 is 1.36 bits per heavy atom. The maximum atomic E-state index is 12.8. The molecule has 0 radical (unpaired) electrons. The van der Waals surface area contributed by atoms with Crippen LogP contribution in [0.15, 0.2) is 88.1 Å². The fraction of sp³-hybridized carbons (Fsp3) is 0.0455. The number of ether oxygens (including phenoxy) is 1. The second-order valence-corrected chi connectivity index (χ2v) is 5.73. The van der Waals surface area contributed by atoms with Gasteiger partial charge in [0.05, 0.1) is 12.7 Å². The Labute approximate surface area is 145 Å². The Morgan fingerprint density at radius 1 is 0.760 bits per heavy atom. The maximum Gasteiger partial charge on any atom is 0.344 e. The topological polar surface area (TPSA) is 39.4 Å². The number of fused-ring (bicyclic) bond motifs is 1. The van der Waals surface area contributed by atoms with Crippen molar-refractivity contribution in [2.45, 2.75) is 0 Å². The van der Waals surface area contributed by atoms with Gasteiger partial charge in [0.25, 0.3) is 0 Å².